The van der Waals surface area contributed by atoms with E-state index in [0.29, 0.717) is 30.0 Å². The van der Waals surface area contributed by atoms with Crippen LogP contribution in [0.5, 0.6) is 5.75 Å². The van der Waals surface area contributed by atoms with Crippen LogP contribution in [-0.2, 0) is 0 Å². The summed E-state index contributed by atoms with van der Waals surface area (Å²) in [4.78, 5) is 29.8. The van der Waals surface area contributed by atoms with E-state index in [4.69, 9.17) is 4.42 Å². The maximum Gasteiger partial charge on any atom is 0.254 e. The molecule has 0 saturated carbocycles. The summed E-state index contributed by atoms with van der Waals surface area (Å²) in [7, 11) is 0. The zero-order chi connectivity index (χ0) is 22.2. The molecule has 3 aliphatic rings. The van der Waals surface area contributed by atoms with Gasteiger partial charge in [-0.2, -0.15) is 0 Å². The van der Waals surface area contributed by atoms with Crippen LogP contribution < -0.4 is 5.43 Å². The quantitative estimate of drug-likeness (QED) is 0.499. The Balaban J connectivity index is 1.70. The van der Waals surface area contributed by atoms with E-state index in [0.717, 1.165) is 41.7 Å². The van der Waals surface area contributed by atoms with E-state index >= 15 is 0 Å². The Labute approximate surface area is 185 Å². The summed E-state index contributed by atoms with van der Waals surface area (Å²) in [6.45, 7) is 6.24. The summed E-state index contributed by atoms with van der Waals surface area (Å²) in [5, 5.41) is 10.8. The molecule has 2 aromatic rings. The summed E-state index contributed by atoms with van der Waals surface area (Å²) < 4.78 is 5.95. The zero-order valence-electron chi connectivity index (χ0n) is 17.9. The molecule has 6 heteroatoms. The van der Waals surface area contributed by atoms with E-state index in [1.54, 1.807) is 18.2 Å². The van der Waals surface area contributed by atoms with Gasteiger partial charge < -0.3 is 19.3 Å². The van der Waals surface area contributed by atoms with Crippen LogP contribution >= 0.6 is 0 Å². The third-order valence-electron chi connectivity index (χ3n) is 6.21. The molecule has 162 valence electrons. The van der Waals surface area contributed by atoms with Gasteiger partial charge in [-0.15, -0.1) is 0 Å². The molecule has 6 nitrogen and oxygen atoms in total. The van der Waals surface area contributed by atoms with Crippen LogP contribution in [0.15, 0.2) is 69.9 Å². The van der Waals surface area contributed by atoms with Gasteiger partial charge in [-0.1, -0.05) is 25.1 Å². The Kier molecular flexibility index (Phi) is 5.15. The summed E-state index contributed by atoms with van der Waals surface area (Å²) >= 11 is 0. The maximum absolute atomic E-state index is 13.6. The van der Waals surface area contributed by atoms with Crippen molar-refractivity contribution < 1.29 is 14.3 Å². The van der Waals surface area contributed by atoms with Crippen LogP contribution in [0.2, 0.25) is 0 Å². The minimum absolute atomic E-state index is 0.00216. The number of aromatic hydroxyl groups is 1. The average Bonchev–Trinajstić information content (AvgIpc) is 2.82. The van der Waals surface area contributed by atoms with E-state index in [1.165, 1.54) is 18.2 Å². The van der Waals surface area contributed by atoms with Gasteiger partial charge in [0.1, 0.15) is 17.1 Å². The van der Waals surface area contributed by atoms with Gasteiger partial charge in [-0.25, -0.2) is 0 Å². The van der Waals surface area contributed by atoms with E-state index in [2.05, 4.69) is 11.8 Å². The Bertz CT molecular complexity index is 1340. The van der Waals surface area contributed by atoms with Crippen LogP contribution in [0.25, 0.3) is 33.4 Å². The second kappa shape index (κ2) is 8.13. The second-order valence-corrected chi connectivity index (χ2v) is 8.09. The summed E-state index contributed by atoms with van der Waals surface area (Å²) in [5.74, 6) is 0.491. The number of nitrogens with zero attached hydrogens (tertiary/aromatic N) is 2. The monoisotopic (exact) mass is 428 g/mol. The van der Waals surface area contributed by atoms with Crippen molar-refractivity contribution in [3.05, 3.63) is 76.5 Å². The lowest BCUT2D eigenvalue weighted by molar-refractivity contribution is 0.0644. The van der Waals surface area contributed by atoms with Crippen molar-refractivity contribution in [3.8, 4) is 28.2 Å². The fourth-order valence-electron chi connectivity index (χ4n) is 4.47. The van der Waals surface area contributed by atoms with Crippen molar-refractivity contribution in [2.45, 2.75) is 6.92 Å². The molecule has 2 aromatic carbocycles. The first-order chi connectivity index (χ1) is 15.5. The third-order valence-corrected chi connectivity index (χ3v) is 6.21. The van der Waals surface area contributed by atoms with Gasteiger partial charge in [-0.3, -0.25) is 9.59 Å². The standard InChI is InChI=1S/C26H24N2O4/c1-2-27-11-13-28(14-12-27)26(31)20-6-4-3-5-19(20)25-21-9-7-17(29)15-23(21)32-24-16-18(30)8-10-22(24)25/h3-10,15-16,29H,2,11-14H2,1H3. The molecule has 1 fully saturated rings. The van der Waals surface area contributed by atoms with Crippen molar-refractivity contribution in [1.82, 2.24) is 9.80 Å². The minimum Gasteiger partial charge on any atom is -0.508 e. The number of carbonyl (C=O) groups is 1. The summed E-state index contributed by atoms with van der Waals surface area (Å²) in [6.07, 6.45) is 0. The molecule has 1 aliphatic carbocycles. The van der Waals surface area contributed by atoms with Crippen LogP contribution in [-0.4, -0.2) is 53.5 Å². The molecule has 1 saturated heterocycles. The number of benzene rings is 3. The van der Waals surface area contributed by atoms with Gasteiger partial charge in [0.05, 0.1) is 0 Å². The third kappa shape index (κ3) is 3.52. The van der Waals surface area contributed by atoms with Gasteiger partial charge in [0, 0.05) is 60.4 Å². The lowest BCUT2D eigenvalue weighted by Crippen LogP contribution is -2.48. The maximum atomic E-state index is 13.6. The number of piperazine rings is 1. The highest BCUT2D eigenvalue weighted by Crippen LogP contribution is 2.42. The number of hydrogen-bond donors (Lipinski definition) is 1. The predicted octanol–water partition coefficient (Wildman–Crippen LogP) is 4.05. The number of phenols is 1. The molecule has 0 atom stereocenters. The van der Waals surface area contributed by atoms with E-state index in [-0.39, 0.29) is 17.1 Å². The first kappa shape index (κ1) is 20.3. The number of likely N-dealkylation sites (N-methyl/N-ethyl adjacent to an activating group) is 1. The molecule has 0 aromatic heterocycles. The van der Waals surface area contributed by atoms with Crippen molar-refractivity contribution in [2.75, 3.05) is 32.7 Å². The molecule has 0 radical (unpaired) electrons. The van der Waals surface area contributed by atoms with E-state index in [1.807, 2.05) is 29.2 Å². The highest BCUT2D eigenvalue weighted by Gasteiger charge is 2.26. The second-order valence-electron chi connectivity index (χ2n) is 8.09. The van der Waals surface area contributed by atoms with Gasteiger partial charge in [0.25, 0.3) is 5.91 Å². The van der Waals surface area contributed by atoms with E-state index in [9.17, 15) is 14.7 Å². The molecule has 2 heterocycles. The lowest BCUT2D eigenvalue weighted by atomic mass is 9.90. The number of carbonyl (C=O) groups excluding carboxylic acids is 1. The number of fused-ring (bicyclic) bond motifs is 2. The number of rotatable bonds is 3. The van der Waals surface area contributed by atoms with E-state index < -0.39 is 0 Å². The first-order valence-electron chi connectivity index (χ1n) is 10.9. The van der Waals surface area contributed by atoms with Gasteiger partial charge in [0.2, 0.25) is 0 Å². The molecule has 5 rings (SSSR count). The van der Waals surface area contributed by atoms with Crippen molar-refractivity contribution in [2.24, 2.45) is 0 Å². The van der Waals surface area contributed by atoms with Crippen LogP contribution in [0.1, 0.15) is 17.3 Å². The normalized spacial score (nSPS) is 14.8. The molecule has 2 aliphatic heterocycles. The number of hydrogen-bond acceptors (Lipinski definition) is 5. The fourth-order valence-corrected chi connectivity index (χ4v) is 4.47. The molecular formula is C26H24N2O4. The van der Waals surface area contributed by atoms with Crippen LogP contribution in [0.4, 0.5) is 0 Å². The Hall–Kier alpha value is -3.64. The first-order valence-corrected chi connectivity index (χ1v) is 10.9. The molecule has 1 N–H and O–H groups in total. The van der Waals surface area contributed by atoms with Gasteiger partial charge in [0.15, 0.2) is 5.43 Å². The minimum atomic E-state index is -0.162. The van der Waals surface area contributed by atoms with Gasteiger partial charge in [-0.05, 0) is 42.4 Å². The molecule has 0 spiro atoms. The molecule has 32 heavy (non-hydrogen) atoms. The van der Waals surface area contributed by atoms with Crippen molar-refractivity contribution in [1.29, 1.82) is 0 Å². The molecule has 0 bridgehead atoms. The number of phenolic OH excluding ortho intramolecular Hbond substituents is 1. The van der Waals surface area contributed by atoms with Crippen molar-refractivity contribution >= 4 is 16.9 Å². The lowest BCUT2D eigenvalue weighted by Gasteiger charge is -2.34. The predicted molar refractivity (Wildman–Crippen MR) is 124 cm³/mol. The molecular weight excluding hydrogens is 404 g/mol. The van der Waals surface area contributed by atoms with Crippen LogP contribution in [0.3, 0.4) is 0 Å². The van der Waals surface area contributed by atoms with Crippen molar-refractivity contribution in [3.63, 3.8) is 0 Å². The fraction of sp³-hybridized carbons (Fsp3) is 0.231. The number of amides is 1. The summed E-state index contributed by atoms with van der Waals surface area (Å²) in [5.41, 5.74) is 3.26. The molecule has 1 amide bonds. The highest BCUT2D eigenvalue weighted by molar-refractivity contribution is 6.09. The van der Waals surface area contributed by atoms with Crippen LogP contribution in [0, 0.1) is 0 Å². The Morgan fingerprint density at radius 2 is 1.75 bits per heavy atom. The zero-order valence-corrected chi connectivity index (χ0v) is 17.9. The topological polar surface area (TPSA) is 74.0 Å². The Morgan fingerprint density at radius 3 is 2.53 bits per heavy atom. The SMILES string of the molecule is CCN1CCN(C(=O)c2ccccc2-c2c3ccc(=O)cc-3oc3cc(O)ccc23)CC1. The smallest absolute Gasteiger partial charge is 0.254 e. The highest BCUT2D eigenvalue weighted by atomic mass is 16.3. The Morgan fingerprint density at radius 1 is 0.969 bits per heavy atom. The summed E-state index contributed by atoms with van der Waals surface area (Å²) in [6, 6.07) is 17.2. The molecule has 0 unspecified atom stereocenters. The largest absolute Gasteiger partial charge is 0.508 e. The van der Waals surface area contributed by atoms with Gasteiger partial charge >= 0.3 is 0 Å². The average molecular weight is 428 g/mol.